The number of aliphatic hydroxyl groups excluding tert-OH is 1. The van der Waals surface area contributed by atoms with E-state index in [1.807, 2.05) is 6.07 Å². The van der Waals surface area contributed by atoms with E-state index in [0.717, 1.165) is 31.5 Å². The van der Waals surface area contributed by atoms with Crippen molar-refractivity contribution >= 4 is 23.3 Å². The molecule has 30 heavy (non-hydrogen) atoms. The summed E-state index contributed by atoms with van der Waals surface area (Å²) in [7, 11) is 0. The summed E-state index contributed by atoms with van der Waals surface area (Å²) in [5.74, 6) is -0.877. The van der Waals surface area contributed by atoms with Crippen LogP contribution in [0.15, 0.2) is 36.4 Å². The van der Waals surface area contributed by atoms with Gasteiger partial charge in [0.1, 0.15) is 5.82 Å². The van der Waals surface area contributed by atoms with Crippen LogP contribution in [0.3, 0.4) is 0 Å². The van der Waals surface area contributed by atoms with Gasteiger partial charge < -0.3 is 26.0 Å². The number of nitrogens with two attached hydrogens (primary N) is 1. The summed E-state index contributed by atoms with van der Waals surface area (Å²) in [6, 6.07) is 9.70. The van der Waals surface area contributed by atoms with Crippen LogP contribution < -0.4 is 16.0 Å². The molecular weight excluding hydrogens is 387 g/mol. The third kappa shape index (κ3) is 3.95. The first-order valence-electron chi connectivity index (χ1n) is 10.1. The van der Waals surface area contributed by atoms with Gasteiger partial charge in [0, 0.05) is 42.6 Å². The molecule has 0 saturated carbocycles. The van der Waals surface area contributed by atoms with Gasteiger partial charge in [0.05, 0.1) is 6.61 Å². The average molecular weight is 412 g/mol. The van der Waals surface area contributed by atoms with Crippen molar-refractivity contribution in [2.24, 2.45) is 5.73 Å². The summed E-state index contributed by atoms with van der Waals surface area (Å²) in [6.07, 6.45) is 2.53. The Morgan fingerprint density at radius 2 is 1.90 bits per heavy atom. The molecule has 2 aliphatic rings. The number of carbonyl (C=O) groups is 2. The van der Waals surface area contributed by atoms with E-state index in [2.05, 4.69) is 10.2 Å². The fourth-order valence-electron chi connectivity index (χ4n) is 4.36. The van der Waals surface area contributed by atoms with Crippen LogP contribution in [-0.4, -0.2) is 47.6 Å². The quantitative estimate of drug-likeness (QED) is 0.718. The van der Waals surface area contributed by atoms with E-state index in [1.165, 1.54) is 17.7 Å². The number of likely N-dealkylation sites (tertiary alicyclic amines) is 1. The van der Waals surface area contributed by atoms with Crippen molar-refractivity contribution in [2.75, 3.05) is 29.9 Å². The van der Waals surface area contributed by atoms with E-state index in [4.69, 9.17) is 5.73 Å². The molecule has 0 bridgehead atoms. The van der Waals surface area contributed by atoms with Crippen molar-refractivity contribution in [3.63, 3.8) is 0 Å². The number of aliphatic hydroxyl groups is 1. The zero-order chi connectivity index (χ0) is 21.3. The maximum atomic E-state index is 13.7. The molecule has 0 aromatic heterocycles. The normalized spacial score (nSPS) is 16.5. The molecule has 0 unspecified atom stereocenters. The van der Waals surface area contributed by atoms with Gasteiger partial charge in [0.25, 0.3) is 0 Å². The smallest absolute Gasteiger partial charge is 0.321 e. The molecule has 2 aliphatic heterocycles. The average Bonchev–Trinajstić information content (AvgIpc) is 3.16. The van der Waals surface area contributed by atoms with E-state index < -0.39 is 5.91 Å². The molecular formula is C22H25FN4O3. The van der Waals surface area contributed by atoms with Crippen LogP contribution in [0.4, 0.5) is 20.6 Å². The number of primary amides is 1. The number of nitrogens with one attached hydrogen (secondary N) is 1. The SMILES string of the molecule is NC(=O)c1cc(NC(=O)N2CCC(N3CCc4ccc(F)cc43)CC2)ccc1CO. The predicted molar refractivity (Wildman–Crippen MR) is 112 cm³/mol. The highest BCUT2D eigenvalue weighted by atomic mass is 19.1. The van der Waals surface area contributed by atoms with Crippen molar-refractivity contribution in [3.05, 3.63) is 58.9 Å². The largest absolute Gasteiger partial charge is 0.392 e. The molecule has 8 heteroatoms. The van der Waals surface area contributed by atoms with Gasteiger partial charge in [-0.2, -0.15) is 0 Å². The number of fused-ring (bicyclic) bond motifs is 1. The first-order chi connectivity index (χ1) is 14.5. The van der Waals surface area contributed by atoms with Gasteiger partial charge in [-0.05, 0) is 54.7 Å². The van der Waals surface area contributed by atoms with E-state index in [9.17, 15) is 19.1 Å². The first-order valence-corrected chi connectivity index (χ1v) is 10.1. The third-order valence-electron chi connectivity index (χ3n) is 5.97. The van der Waals surface area contributed by atoms with Crippen LogP contribution in [0.1, 0.15) is 34.3 Å². The Morgan fingerprint density at radius 1 is 1.13 bits per heavy atom. The fourth-order valence-corrected chi connectivity index (χ4v) is 4.36. The maximum Gasteiger partial charge on any atom is 0.321 e. The molecule has 2 aromatic rings. The molecule has 0 atom stereocenters. The molecule has 2 aromatic carbocycles. The van der Waals surface area contributed by atoms with Gasteiger partial charge in [0.15, 0.2) is 0 Å². The molecule has 0 aliphatic carbocycles. The standard InChI is InChI=1S/C22H25FN4O3/c23-16-3-1-14-5-10-27(20(14)11-16)18-6-8-26(9-7-18)22(30)25-17-4-2-15(13-28)19(12-17)21(24)29/h1-4,11-12,18,28H,5-10,13H2,(H2,24,29)(H,25,30). The molecule has 3 amide bonds. The number of halogens is 1. The molecule has 2 heterocycles. The number of hydrogen-bond donors (Lipinski definition) is 3. The molecule has 1 fully saturated rings. The van der Waals surface area contributed by atoms with E-state index in [0.29, 0.717) is 24.3 Å². The van der Waals surface area contributed by atoms with Crippen LogP contribution in [-0.2, 0) is 13.0 Å². The minimum atomic E-state index is -0.654. The highest BCUT2D eigenvalue weighted by Crippen LogP contribution is 2.33. The summed E-state index contributed by atoms with van der Waals surface area (Å²) in [4.78, 5) is 28.2. The molecule has 1 saturated heterocycles. The molecule has 0 spiro atoms. The lowest BCUT2D eigenvalue weighted by Crippen LogP contribution is -2.47. The zero-order valence-electron chi connectivity index (χ0n) is 16.6. The highest BCUT2D eigenvalue weighted by molar-refractivity contribution is 5.97. The number of anilines is 2. The Bertz CT molecular complexity index is 973. The number of nitrogens with zero attached hydrogens (tertiary/aromatic N) is 2. The van der Waals surface area contributed by atoms with Gasteiger partial charge in [0.2, 0.25) is 5.91 Å². The number of benzene rings is 2. The minimum absolute atomic E-state index is 0.189. The van der Waals surface area contributed by atoms with Crippen molar-refractivity contribution in [1.82, 2.24) is 4.90 Å². The Morgan fingerprint density at radius 3 is 2.60 bits per heavy atom. The number of rotatable bonds is 4. The van der Waals surface area contributed by atoms with Crippen LogP contribution in [0, 0.1) is 5.82 Å². The maximum absolute atomic E-state index is 13.7. The summed E-state index contributed by atoms with van der Waals surface area (Å²) in [6.45, 7) is 1.76. The topological polar surface area (TPSA) is 98.9 Å². The number of hydrogen-bond acceptors (Lipinski definition) is 4. The summed E-state index contributed by atoms with van der Waals surface area (Å²) >= 11 is 0. The second-order valence-corrected chi connectivity index (χ2v) is 7.76. The summed E-state index contributed by atoms with van der Waals surface area (Å²) in [5.41, 5.74) is 8.56. The Labute approximate surface area is 174 Å². The molecule has 7 nitrogen and oxygen atoms in total. The molecule has 158 valence electrons. The van der Waals surface area contributed by atoms with E-state index >= 15 is 0 Å². The third-order valence-corrected chi connectivity index (χ3v) is 5.97. The van der Waals surface area contributed by atoms with Crippen LogP contribution >= 0.6 is 0 Å². The van der Waals surface area contributed by atoms with Crippen molar-refractivity contribution in [1.29, 1.82) is 0 Å². The lowest BCUT2D eigenvalue weighted by Gasteiger charge is -2.38. The van der Waals surface area contributed by atoms with Crippen LogP contribution in [0.25, 0.3) is 0 Å². The van der Waals surface area contributed by atoms with E-state index in [-0.39, 0.29) is 30.1 Å². The van der Waals surface area contributed by atoms with Gasteiger partial charge >= 0.3 is 6.03 Å². The number of carbonyl (C=O) groups excluding carboxylic acids is 2. The van der Waals surface area contributed by atoms with Crippen LogP contribution in [0.5, 0.6) is 0 Å². The second kappa shape index (κ2) is 8.31. The van der Waals surface area contributed by atoms with Gasteiger partial charge in [-0.1, -0.05) is 12.1 Å². The number of amides is 3. The minimum Gasteiger partial charge on any atom is -0.392 e. The Kier molecular flexibility index (Phi) is 5.59. The summed E-state index contributed by atoms with van der Waals surface area (Å²) in [5, 5.41) is 12.1. The molecule has 4 N–H and O–H groups in total. The Hall–Kier alpha value is -3.13. The van der Waals surface area contributed by atoms with Gasteiger partial charge in [-0.3, -0.25) is 4.79 Å². The summed E-state index contributed by atoms with van der Waals surface area (Å²) < 4.78 is 13.7. The lowest BCUT2D eigenvalue weighted by atomic mass is 10.0. The highest BCUT2D eigenvalue weighted by Gasteiger charge is 2.31. The van der Waals surface area contributed by atoms with Gasteiger partial charge in [-0.15, -0.1) is 0 Å². The van der Waals surface area contributed by atoms with Crippen LogP contribution in [0.2, 0.25) is 0 Å². The zero-order valence-corrected chi connectivity index (χ0v) is 16.6. The second-order valence-electron chi connectivity index (χ2n) is 7.76. The monoisotopic (exact) mass is 412 g/mol. The van der Waals surface area contributed by atoms with Crippen molar-refractivity contribution in [3.8, 4) is 0 Å². The lowest BCUT2D eigenvalue weighted by molar-refractivity contribution is 0.0997. The van der Waals surface area contributed by atoms with Crippen molar-refractivity contribution in [2.45, 2.75) is 31.9 Å². The van der Waals surface area contributed by atoms with Gasteiger partial charge in [-0.25, -0.2) is 9.18 Å². The Balaban J connectivity index is 1.37. The molecule has 0 radical (unpaired) electrons. The fraction of sp³-hybridized carbons (Fsp3) is 0.364. The first kappa shape index (κ1) is 20.2. The molecule has 4 rings (SSSR count). The number of piperidine rings is 1. The van der Waals surface area contributed by atoms with Crippen molar-refractivity contribution < 1.29 is 19.1 Å². The predicted octanol–water partition coefficient (Wildman–Crippen LogP) is 2.48. The number of urea groups is 1. The van der Waals surface area contributed by atoms with E-state index in [1.54, 1.807) is 23.1 Å².